The zero-order valence-corrected chi connectivity index (χ0v) is 9.75. The predicted molar refractivity (Wildman–Crippen MR) is 60.2 cm³/mol. The molecule has 0 aliphatic rings. The van der Waals surface area contributed by atoms with E-state index in [9.17, 15) is 18.4 Å². The van der Waals surface area contributed by atoms with Crippen molar-refractivity contribution in [3.05, 3.63) is 29.8 Å². The molecule has 0 spiro atoms. The van der Waals surface area contributed by atoms with E-state index in [2.05, 4.69) is 5.32 Å². The highest BCUT2D eigenvalue weighted by molar-refractivity contribution is 5.93. The number of hydrogen-bond acceptors (Lipinski definition) is 2. The van der Waals surface area contributed by atoms with Crippen molar-refractivity contribution in [1.29, 1.82) is 0 Å². The van der Waals surface area contributed by atoms with Crippen LogP contribution < -0.4 is 10.6 Å². The lowest BCUT2D eigenvalue weighted by atomic mass is 10.1. The lowest BCUT2D eigenvalue weighted by molar-refractivity contribution is -0.142. The SMILES string of the molecule is CC(C)(NC(=O)Nc1cc(F)ccc1F)C(=O)O. The molecule has 0 aliphatic heterocycles. The minimum atomic E-state index is -1.52. The number of rotatable bonds is 3. The Kier molecular flexibility index (Phi) is 3.85. The zero-order chi connectivity index (χ0) is 13.9. The Hall–Kier alpha value is -2.18. The maximum atomic E-state index is 13.2. The number of carboxylic acid groups (broad SMARTS) is 1. The van der Waals surface area contributed by atoms with Crippen molar-refractivity contribution in [1.82, 2.24) is 5.32 Å². The van der Waals surface area contributed by atoms with Gasteiger partial charge in [0, 0.05) is 6.07 Å². The molecule has 1 aromatic rings. The van der Waals surface area contributed by atoms with Crippen LogP contribution in [0.1, 0.15) is 13.8 Å². The Labute approximate surface area is 102 Å². The smallest absolute Gasteiger partial charge is 0.328 e. The second-order valence-electron chi connectivity index (χ2n) is 4.13. The average molecular weight is 258 g/mol. The van der Waals surface area contributed by atoms with Gasteiger partial charge in [-0.05, 0) is 26.0 Å². The van der Waals surface area contributed by atoms with Crippen LogP contribution >= 0.6 is 0 Å². The van der Waals surface area contributed by atoms with Gasteiger partial charge in [0.05, 0.1) is 5.69 Å². The van der Waals surface area contributed by atoms with Crippen LogP contribution in [0.3, 0.4) is 0 Å². The average Bonchev–Trinajstić information content (AvgIpc) is 2.22. The fraction of sp³-hybridized carbons (Fsp3) is 0.273. The maximum absolute atomic E-state index is 13.2. The number of carboxylic acids is 1. The Morgan fingerprint density at radius 2 is 1.89 bits per heavy atom. The van der Waals surface area contributed by atoms with Crippen molar-refractivity contribution >= 4 is 17.7 Å². The number of anilines is 1. The van der Waals surface area contributed by atoms with Gasteiger partial charge in [0.1, 0.15) is 17.2 Å². The van der Waals surface area contributed by atoms with Crippen LogP contribution in [0.4, 0.5) is 19.3 Å². The Morgan fingerprint density at radius 1 is 1.28 bits per heavy atom. The molecule has 0 aromatic heterocycles. The number of hydrogen-bond donors (Lipinski definition) is 3. The first-order valence-electron chi connectivity index (χ1n) is 5.00. The van der Waals surface area contributed by atoms with E-state index in [1.54, 1.807) is 0 Å². The topological polar surface area (TPSA) is 78.4 Å². The molecule has 7 heteroatoms. The molecule has 18 heavy (non-hydrogen) atoms. The first-order valence-corrected chi connectivity index (χ1v) is 5.00. The molecule has 0 bridgehead atoms. The molecule has 3 N–H and O–H groups in total. The second kappa shape index (κ2) is 4.99. The number of amides is 2. The van der Waals surface area contributed by atoms with Crippen molar-refractivity contribution in [2.24, 2.45) is 0 Å². The molecule has 0 unspecified atom stereocenters. The van der Waals surface area contributed by atoms with Gasteiger partial charge in [-0.3, -0.25) is 0 Å². The fourth-order valence-electron chi connectivity index (χ4n) is 1.08. The minimum absolute atomic E-state index is 0.367. The molecule has 0 aliphatic carbocycles. The second-order valence-corrected chi connectivity index (χ2v) is 4.13. The molecular formula is C11H12F2N2O3. The standard InChI is InChI=1S/C11H12F2N2O3/c1-11(2,9(16)17)15-10(18)14-8-5-6(12)3-4-7(8)13/h3-5H,1-2H3,(H,16,17)(H2,14,15,18). The van der Waals surface area contributed by atoms with Crippen LogP contribution in [0.5, 0.6) is 0 Å². The third-order valence-electron chi connectivity index (χ3n) is 2.14. The molecule has 0 atom stereocenters. The summed E-state index contributed by atoms with van der Waals surface area (Å²) in [5.74, 6) is -2.79. The highest BCUT2D eigenvalue weighted by Crippen LogP contribution is 2.15. The molecule has 1 aromatic carbocycles. The van der Waals surface area contributed by atoms with Crippen molar-refractivity contribution in [3.8, 4) is 0 Å². The van der Waals surface area contributed by atoms with Crippen molar-refractivity contribution in [2.45, 2.75) is 19.4 Å². The lowest BCUT2D eigenvalue weighted by Gasteiger charge is -2.21. The molecule has 0 saturated carbocycles. The third-order valence-corrected chi connectivity index (χ3v) is 2.14. The van der Waals surface area contributed by atoms with Gasteiger partial charge in [-0.15, -0.1) is 0 Å². The molecule has 5 nitrogen and oxygen atoms in total. The summed E-state index contributed by atoms with van der Waals surface area (Å²) in [6.07, 6.45) is 0. The lowest BCUT2D eigenvalue weighted by Crippen LogP contribution is -2.51. The quantitative estimate of drug-likeness (QED) is 0.775. The van der Waals surface area contributed by atoms with Gasteiger partial charge >= 0.3 is 12.0 Å². The highest BCUT2D eigenvalue weighted by atomic mass is 19.1. The molecule has 98 valence electrons. The van der Waals surface area contributed by atoms with E-state index in [1.807, 2.05) is 5.32 Å². The Balaban J connectivity index is 2.77. The van der Waals surface area contributed by atoms with Gasteiger partial charge in [-0.2, -0.15) is 0 Å². The molecule has 2 amide bonds. The number of carbonyl (C=O) groups is 2. The van der Waals surface area contributed by atoms with Gasteiger partial charge in [-0.25, -0.2) is 18.4 Å². The van der Waals surface area contributed by atoms with Crippen LogP contribution in [-0.2, 0) is 4.79 Å². The molecule has 0 radical (unpaired) electrons. The summed E-state index contributed by atoms with van der Waals surface area (Å²) in [4.78, 5) is 22.2. The normalized spacial score (nSPS) is 10.9. The first-order chi connectivity index (χ1) is 8.22. The van der Waals surface area contributed by atoms with E-state index in [1.165, 1.54) is 13.8 Å². The number of aliphatic carboxylic acids is 1. The first kappa shape index (κ1) is 13.9. The monoisotopic (exact) mass is 258 g/mol. The van der Waals surface area contributed by atoms with Crippen LogP contribution in [0.15, 0.2) is 18.2 Å². The highest BCUT2D eigenvalue weighted by Gasteiger charge is 2.29. The van der Waals surface area contributed by atoms with E-state index >= 15 is 0 Å². The Morgan fingerprint density at radius 3 is 2.44 bits per heavy atom. The van der Waals surface area contributed by atoms with E-state index in [0.29, 0.717) is 0 Å². The van der Waals surface area contributed by atoms with Crippen molar-refractivity contribution < 1.29 is 23.5 Å². The van der Waals surface area contributed by atoms with Gasteiger partial charge in [-0.1, -0.05) is 0 Å². The van der Waals surface area contributed by atoms with Crippen molar-refractivity contribution in [3.63, 3.8) is 0 Å². The van der Waals surface area contributed by atoms with Gasteiger partial charge < -0.3 is 15.7 Å². The number of halogens is 2. The summed E-state index contributed by atoms with van der Waals surface area (Å²) >= 11 is 0. The summed E-state index contributed by atoms with van der Waals surface area (Å²) in [5, 5.41) is 12.9. The summed E-state index contributed by atoms with van der Waals surface area (Å²) in [6, 6.07) is 1.61. The number of urea groups is 1. The third kappa shape index (κ3) is 3.41. The van der Waals surface area contributed by atoms with Crippen LogP contribution in [0.2, 0.25) is 0 Å². The van der Waals surface area contributed by atoms with E-state index in [-0.39, 0.29) is 5.69 Å². The van der Waals surface area contributed by atoms with E-state index in [0.717, 1.165) is 18.2 Å². The predicted octanol–water partition coefficient (Wildman–Crippen LogP) is 1.95. The van der Waals surface area contributed by atoms with Gasteiger partial charge in [0.25, 0.3) is 0 Å². The van der Waals surface area contributed by atoms with Crippen LogP contribution in [0.25, 0.3) is 0 Å². The maximum Gasteiger partial charge on any atom is 0.328 e. The van der Waals surface area contributed by atoms with E-state index in [4.69, 9.17) is 5.11 Å². The zero-order valence-electron chi connectivity index (χ0n) is 9.75. The largest absolute Gasteiger partial charge is 0.480 e. The molecule has 0 saturated heterocycles. The Bertz CT molecular complexity index is 489. The van der Waals surface area contributed by atoms with Crippen LogP contribution in [0, 0.1) is 11.6 Å². The van der Waals surface area contributed by atoms with Gasteiger partial charge in [0.2, 0.25) is 0 Å². The summed E-state index contributed by atoms with van der Waals surface area (Å²) < 4.78 is 26.0. The minimum Gasteiger partial charge on any atom is -0.480 e. The summed E-state index contributed by atoms with van der Waals surface area (Å²) in [6.45, 7) is 2.52. The summed E-state index contributed by atoms with van der Waals surface area (Å²) in [7, 11) is 0. The molecular weight excluding hydrogens is 246 g/mol. The number of nitrogens with one attached hydrogen (secondary N) is 2. The van der Waals surface area contributed by atoms with Gasteiger partial charge in [0.15, 0.2) is 0 Å². The van der Waals surface area contributed by atoms with Crippen LogP contribution in [-0.4, -0.2) is 22.6 Å². The van der Waals surface area contributed by atoms with Crippen molar-refractivity contribution in [2.75, 3.05) is 5.32 Å². The van der Waals surface area contributed by atoms with E-state index < -0.39 is 29.2 Å². The fourth-order valence-corrected chi connectivity index (χ4v) is 1.08. The number of carbonyl (C=O) groups excluding carboxylic acids is 1. The summed E-state index contributed by atoms with van der Waals surface area (Å²) in [5.41, 5.74) is -1.89. The molecule has 0 heterocycles. The molecule has 1 rings (SSSR count). The molecule has 0 fully saturated rings. The number of benzene rings is 1.